The van der Waals surface area contributed by atoms with Crippen molar-refractivity contribution in [2.45, 2.75) is 18.9 Å². The molecule has 10 heteroatoms. The average molecular weight is 501 g/mol. The molecule has 0 spiro atoms. The van der Waals surface area contributed by atoms with Gasteiger partial charge < -0.3 is 30.2 Å². The summed E-state index contributed by atoms with van der Waals surface area (Å²) in [5.41, 5.74) is 8.14. The van der Waals surface area contributed by atoms with Crippen LogP contribution >= 0.6 is 0 Å². The predicted octanol–water partition coefficient (Wildman–Crippen LogP) is 3.92. The number of rotatable bonds is 8. The van der Waals surface area contributed by atoms with Crippen molar-refractivity contribution in [3.8, 4) is 28.4 Å². The number of hydrogen-bond acceptors (Lipinski definition) is 9. The minimum Gasteiger partial charge on any atom is -0.493 e. The van der Waals surface area contributed by atoms with Gasteiger partial charge in [-0.15, -0.1) is 0 Å². The second-order valence-corrected chi connectivity index (χ2v) is 8.61. The number of aromatic nitrogens is 3. The number of nitrogens with zero attached hydrogens (tertiary/aromatic N) is 4. The first kappa shape index (κ1) is 24.1. The Morgan fingerprint density at radius 1 is 1.00 bits per heavy atom. The van der Waals surface area contributed by atoms with E-state index in [9.17, 15) is 4.79 Å². The number of amides is 1. The zero-order valence-electron chi connectivity index (χ0n) is 20.9. The van der Waals surface area contributed by atoms with Crippen molar-refractivity contribution < 1.29 is 19.0 Å². The molecule has 5 rings (SSSR count). The Morgan fingerprint density at radius 3 is 2.41 bits per heavy atom. The minimum absolute atomic E-state index is 0.368. The van der Waals surface area contributed by atoms with Crippen molar-refractivity contribution in [1.82, 2.24) is 15.0 Å². The van der Waals surface area contributed by atoms with Crippen molar-refractivity contribution in [2.75, 3.05) is 38.1 Å². The number of carbonyl (C=O) groups is 1. The summed E-state index contributed by atoms with van der Waals surface area (Å²) >= 11 is 0. The smallest absolute Gasteiger partial charge is 0.240 e. The summed E-state index contributed by atoms with van der Waals surface area (Å²) in [5, 5.41) is 4.17. The number of carbonyl (C=O) groups excluding carboxylic acids is 1. The highest BCUT2D eigenvalue weighted by Gasteiger charge is 2.31. The number of pyridine rings is 1. The van der Waals surface area contributed by atoms with E-state index in [1.807, 2.05) is 53.4 Å². The maximum atomic E-state index is 12.0. The molecule has 1 saturated heterocycles. The summed E-state index contributed by atoms with van der Waals surface area (Å²) in [6.45, 7) is 0.674. The normalized spacial score (nSPS) is 15.0. The number of fused-ring (bicyclic) bond motifs is 1. The number of nitrogens with one attached hydrogen (secondary N) is 1. The Bertz CT molecular complexity index is 1420. The van der Waals surface area contributed by atoms with Crippen LogP contribution in [0.15, 0.2) is 54.7 Å². The molecule has 10 nitrogen and oxygen atoms in total. The molecule has 0 aliphatic carbocycles. The fourth-order valence-corrected chi connectivity index (χ4v) is 4.60. The molecule has 190 valence electrons. The van der Waals surface area contributed by atoms with Crippen molar-refractivity contribution in [3.63, 3.8) is 0 Å². The summed E-state index contributed by atoms with van der Waals surface area (Å²) in [5.74, 6) is 2.97. The van der Waals surface area contributed by atoms with Crippen LogP contribution in [0.3, 0.4) is 0 Å². The number of benzene rings is 2. The van der Waals surface area contributed by atoms with Crippen molar-refractivity contribution >= 4 is 34.4 Å². The Hall–Kier alpha value is -4.60. The number of hydrogen-bond donors (Lipinski definition) is 2. The van der Waals surface area contributed by atoms with Crippen LogP contribution in [0.2, 0.25) is 0 Å². The fourth-order valence-electron chi connectivity index (χ4n) is 4.60. The Labute approximate surface area is 214 Å². The van der Waals surface area contributed by atoms with Crippen LogP contribution in [0.25, 0.3) is 22.0 Å². The molecule has 3 N–H and O–H groups in total. The first-order valence-corrected chi connectivity index (χ1v) is 11.9. The molecule has 4 aromatic rings. The molecule has 1 unspecified atom stereocenters. The molecule has 0 saturated carbocycles. The number of ether oxygens (including phenoxy) is 3. The maximum Gasteiger partial charge on any atom is 0.240 e. The molecule has 2 aromatic heterocycles. The third-order valence-corrected chi connectivity index (χ3v) is 6.44. The lowest BCUT2D eigenvalue weighted by Gasteiger charge is -2.23. The lowest BCUT2D eigenvalue weighted by molar-refractivity contribution is -0.119. The van der Waals surface area contributed by atoms with Gasteiger partial charge in [0.05, 0.1) is 26.8 Å². The van der Waals surface area contributed by atoms with E-state index in [-0.39, 0.29) is 5.91 Å². The van der Waals surface area contributed by atoms with Gasteiger partial charge in [0.15, 0.2) is 11.5 Å². The van der Waals surface area contributed by atoms with Gasteiger partial charge in [0.1, 0.15) is 17.7 Å². The topological polar surface area (TPSA) is 125 Å². The maximum absolute atomic E-state index is 12.0. The number of anilines is 3. The van der Waals surface area contributed by atoms with E-state index in [2.05, 4.69) is 10.3 Å². The van der Waals surface area contributed by atoms with E-state index in [4.69, 9.17) is 29.9 Å². The standard InChI is InChI=1S/C27H28N6O4/c1-35-21-13-17(14-22(36-2)24(21)37-3)16-10-11-23(29-15-16)31-26-18-7-4-5-8-19(18)30-27(32-26)33-12-6-9-20(33)25(28)34/h4-5,7-8,10-11,13-15,20H,6,9,12H2,1-3H3,(H2,28,34)(H,29,30,31,32). The molecule has 1 atom stereocenters. The fraction of sp³-hybridized carbons (Fsp3) is 0.259. The number of primary amides is 1. The third kappa shape index (κ3) is 4.65. The lowest BCUT2D eigenvalue weighted by Crippen LogP contribution is -2.41. The summed E-state index contributed by atoms with van der Waals surface area (Å²) in [4.78, 5) is 27.9. The number of methoxy groups -OCH3 is 3. The molecule has 1 aliphatic rings. The van der Waals surface area contributed by atoms with E-state index in [0.29, 0.717) is 47.8 Å². The van der Waals surface area contributed by atoms with E-state index in [1.54, 1.807) is 27.5 Å². The zero-order valence-corrected chi connectivity index (χ0v) is 20.9. The second kappa shape index (κ2) is 10.2. The molecule has 1 aliphatic heterocycles. The molecular formula is C27H28N6O4. The summed E-state index contributed by atoms with van der Waals surface area (Å²) in [6, 6.07) is 14.9. The van der Waals surface area contributed by atoms with Gasteiger partial charge in [0.25, 0.3) is 0 Å². The van der Waals surface area contributed by atoms with E-state index in [0.717, 1.165) is 28.5 Å². The summed E-state index contributed by atoms with van der Waals surface area (Å²) in [6.07, 6.45) is 3.31. The van der Waals surface area contributed by atoms with Gasteiger partial charge in [-0.3, -0.25) is 4.79 Å². The van der Waals surface area contributed by atoms with E-state index >= 15 is 0 Å². The van der Waals surface area contributed by atoms with Crippen molar-refractivity contribution in [1.29, 1.82) is 0 Å². The van der Waals surface area contributed by atoms with Gasteiger partial charge in [0.2, 0.25) is 17.6 Å². The summed E-state index contributed by atoms with van der Waals surface area (Å²) in [7, 11) is 4.74. The highest BCUT2D eigenvalue weighted by Crippen LogP contribution is 2.41. The van der Waals surface area contributed by atoms with E-state index in [1.165, 1.54) is 0 Å². The quantitative estimate of drug-likeness (QED) is 0.370. The predicted molar refractivity (Wildman–Crippen MR) is 142 cm³/mol. The van der Waals surface area contributed by atoms with Crippen LogP contribution in [-0.2, 0) is 4.79 Å². The van der Waals surface area contributed by atoms with Crippen molar-refractivity contribution in [3.05, 3.63) is 54.7 Å². The van der Waals surface area contributed by atoms with Gasteiger partial charge >= 0.3 is 0 Å². The van der Waals surface area contributed by atoms with Gasteiger partial charge in [-0.1, -0.05) is 12.1 Å². The highest BCUT2D eigenvalue weighted by molar-refractivity contribution is 5.92. The Balaban J connectivity index is 1.47. The first-order chi connectivity index (χ1) is 18.0. The molecule has 0 bridgehead atoms. The van der Waals surface area contributed by atoms with Crippen molar-refractivity contribution in [2.24, 2.45) is 5.73 Å². The Morgan fingerprint density at radius 2 is 1.76 bits per heavy atom. The van der Waals surface area contributed by atoms with Crippen LogP contribution in [0.5, 0.6) is 17.2 Å². The van der Waals surface area contributed by atoms with Gasteiger partial charge in [-0.25, -0.2) is 9.97 Å². The van der Waals surface area contributed by atoms with Gasteiger partial charge in [0, 0.05) is 23.7 Å². The van der Waals surface area contributed by atoms with Crippen LogP contribution in [0.1, 0.15) is 12.8 Å². The van der Waals surface area contributed by atoms with Crippen LogP contribution in [-0.4, -0.2) is 54.8 Å². The molecule has 0 radical (unpaired) electrons. The first-order valence-electron chi connectivity index (χ1n) is 11.9. The Kier molecular flexibility index (Phi) is 6.63. The molecule has 1 amide bonds. The minimum atomic E-state index is -0.412. The van der Waals surface area contributed by atoms with Crippen LogP contribution in [0.4, 0.5) is 17.6 Å². The van der Waals surface area contributed by atoms with Gasteiger partial charge in [-0.2, -0.15) is 4.98 Å². The SMILES string of the molecule is COc1cc(-c2ccc(Nc3nc(N4CCCC4C(N)=O)nc4ccccc34)nc2)cc(OC)c1OC. The largest absolute Gasteiger partial charge is 0.493 e. The molecule has 3 heterocycles. The van der Waals surface area contributed by atoms with Gasteiger partial charge in [-0.05, 0) is 54.8 Å². The molecule has 2 aromatic carbocycles. The van der Waals surface area contributed by atoms with Crippen LogP contribution in [0, 0.1) is 0 Å². The lowest BCUT2D eigenvalue weighted by atomic mass is 10.1. The monoisotopic (exact) mass is 500 g/mol. The second-order valence-electron chi connectivity index (χ2n) is 8.61. The average Bonchev–Trinajstić information content (AvgIpc) is 3.43. The third-order valence-electron chi connectivity index (χ3n) is 6.44. The zero-order chi connectivity index (χ0) is 25.9. The molecule has 1 fully saturated rings. The molecular weight excluding hydrogens is 472 g/mol. The number of para-hydroxylation sites is 1. The molecule has 37 heavy (non-hydrogen) atoms. The highest BCUT2D eigenvalue weighted by atomic mass is 16.5. The summed E-state index contributed by atoms with van der Waals surface area (Å²) < 4.78 is 16.4. The number of nitrogens with two attached hydrogens (primary N) is 1. The van der Waals surface area contributed by atoms with E-state index < -0.39 is 6.04 Å². The van der Waals surface area contributed by atoms with Crippen LogP contribution < -0.4 is 30.2 Å².